The summed E-state index contributed by atoms with van der Waals surface area (Å²) in [6.07, 6.45) is 2.68. The van der Waals surface area contributed by atoms with Crippen LogP contribution in [0, 0.1) is 0 Å². The second-order valence-corrected chi connectivity index (χ2v) is 3.52. The van der Waals surface area contributed by atoms with Gasteiger partial charge < -0.3 is 9.84 Å². The first kappa shape index (κ1) is 11.5. The van der Waals surface area contributed by atoms with Gasteiger partial charge in [0.15, 0.2) is 0 Å². The van der Waals surface area contributed by atoms with Gasteiger partial charge in [0.25, 0.3) is 0 Å². The van der Waals surface area contributed by atoms with Crippen LogP contribution >= 0.6 is 0 Å². The lowest BCUT2D eigenvalue weighted by Crippen LogP contribution is -2.38. The molecule has 0 aromatic rings. The van der Waals surface area contributed by atoms with Gasteiger partial charge in [0.1, 0.15) is 6.04 Å². The van der Waals surface area contributed by atoms with E-state index in [0.717, 1.165) is 32.4 Å². The number of carbonyl (C=O) groups is 1. The van der Waals surface area contributed by atoms with Gasteiger partial charge in [-0.1, -0.05) is 0 Å². The van der Waals surface area contributed by atoms with Crippen LogP contribution in [-0.4, -0.2) is 48.3 Å². The topological polar surface area (TPSA) is 49.8 Å². The van der Waals surface area contributed by atoms with Gasteiger partial charge in [-0.05, 0) is 32.7 Å². The highest BCUT2D eigenvalue weighted by Crippen LogP contribution is 2.18. The van der Waals surface area contributed by atoms with Gasteiger partial charge in [0.05, 0.1) is 6.61 Å². The van der Waals surface area contributed by atoms with Gasteiger partial charge in [-0.3, -0.25) is 9.69 Å². The van der Waals surface area contributed by atoms with Crippen molar-refractivity contribution in [2.24, 2.45) is 0 Å². The van der Waals surface area contributed by atoms with E-state index in [2.05, 4.69) is 4.90 Å². The summed E-state index contributed by atoms with van der Waals surface area (Å²) in [6, 6.07) is -0.0681. The molecule has 1 atom stereocenters. The van der Waals surface area contributed by atoms with E-state index >= 15 is 0 Å². The molecule has 1 aliphatic rings. The lowest BCUT2D eigenvalue weighted by atomic mass is 10.2. The van der Waals surface area contributed by atoms with Crippen LogP contribution in [-0.2, 0) is 9.53 Å². The van der Waals surface area contributed by atoms with E-state index in [9.17, 15) is 4.79 Å². The summed E-state index contributed by atoms with van der Waals surface area (Å²) >= 11 is 0. The smallest absolute Gasteiger partial charge is 0.323 e. The standard InChI is InChI=1S/C10H19NO3/c1-2-14-10(13)9-5-3-6-11(9)7-4-8-12/h9,12H,2-8H2,1H3. The molecule has 1 fully saturated rings. The van der Waals surface area contributed by atoms with Crippen molar-refractivity contribution >= 4 is 5.97 Å². The van der Waals surface area contributed by atoms with Crippen molar-refractivity contribution in [1.82, 2.24) is 4.90 Å². The molecule has 4 nitrogen and oxygen atoms in total. The molecule has 0 aliphatic carbocycles. The zero-order valence-corrected chi connectivity index (χ0v) is 8.74. The normalized spacial score (nSPS) is 22.6. The van der Waals surface area contributed by atoms with Crippen molar-refractivity contribution in [3.63, 3.8) is 0 Å². The van der Waals surface area contributed by atoms with Gasteiger partial charge in [-0.15, -0.1) is 0 Å². The Kier molecular flexibility index (Phi) is 4.90. The Bertz CT molecular complexity index is 184. The Balaban J connectivity index is 2.38. The first-order valence-electron chi connectivity index (χ1n) is 5.31. The number of hydrogen-bond acceptors (Lipinski definition) is 4. The fourth-order valence-corrected chi connectivity index (χ4v) is 1.87. The minimum atomic E-state index is -0.108. The third kappa shape index (κ3) is 2.96. The number of hydrogen-bond donors (Lipinski definition) is 1. The van der Waals surface area contributed by atoms with Gasteiger partial charge in [-0.25, -0.2) is 0 Å². The predicted octanol–water partition coefficient (Wildman–Crippen LogP) is 0.396. The number of likely N-dealkylation sites (tertiary alicyclic amines) is 1. The number of aliphatic hydroxyl groups is 1. The highest BCUT2D eigenvalue weighted by molar-refractivity contribution is 5.76. The molecule has 1 N–H and O–H groups in total. The SMILES string of the molecule is CCOC(=O)C1CCCN1CCCO. The Labute approximate surface area is 84.8 Å². The molecule has 1 rings (SSSR count). The highest BCUT2D eigenvalue weighted by Gasteiger charge is 2.30. The zero-order valence-electron chi connectivity index (χ0n) is 8.74. The predicted molar refractivity (Wildman–Crippen MR) is 52.9 cm³/mol. The first-order valence-corrected chi connectivity index (χ1v) is 5.31. The second kappa shape index (κ2) is 5.98. The summed E-state index contributed by atoms with van der Waals surface area (Å²) in [6.45, 7) is 4.20. The second-order valence-electron chi connectivity index (χ2n) is 3.52. The largest absolute Gasteiger partial charge is 0.465 e. The fraction of sp³-hybridized carbons (Fsp3) is 0.900. The lowest BCUT2D eigenvalue weighted by Gasteiger charge is -2.22. The van der Waals surface area contributed by atoms with Gasteiger partial charge in [0, 0.05) is 13.2 Å². The molecule has 4 heteroatoms. The Hall–Kier alpha value is -0.610. The molecule has 1 heterocycles. The maximum Gasteiger partial charge on any atom is 0.323 e. The molecular formula is C10H19NO3. The van der Waals surface area contributed by atoms with E-state index in [-0.39, 0.29) is 18.6 Å². The minimum absolute atomic E-state index is 0.0681. The van der Waals surface area contributed by atoms with E-state index in [4.69, 9.17) is 9.84 Å². The quantitative estimate of drug-likeness (QED) is 0.654. The van der Waals surface area contributed by atoms with E-state index in [0.29, 0.717) is 6.61 Å². The van der Waals surface area contributed by atoms with Crippen LogP contribution in [0.25, 0.3) is 0 Å². The third-order valence-corrected chi connectivity index (χ3v) is 2.53. The number of esters is 1. The van der Waals surface area contributed by atoms with Crippen LogP contribution in [0.3, 0.4) is 0 Å². The molecule has 0 aromatic heterocycles. The van der Waals surface area contributed by atoms with Gasteiger partial charge in [-0.2, -0.15) is 0 Å². The maximum atomic E-state index is 11.5. The van der Waals surface area contributed by atoms with Crippen molar-refractivity contribution < 1.29 is 14.6 Å². The summed E-state index contributed by atoms with van der Waals surface area (Å²) in [5.41, 5.74) is 0. The number of rotatable bonds is 5. The van der Waals surface area contributed by atoms with Crippen LogP contribution in [0.15, 0.2) is 0 Å². The van der Waals surface area contributed by atoms with Crippen LogP contribution in [0.2, 0.25) is 0 Å². The molecule has 0 saturated carbocycles. The van der Waals surface area contributed by atoms with Crippen molar-refractivity contribution in [2.45, 2.75) is 32.2 Å². The molecule has 0 aromatic carbocycles. The molecular weight excluding hydrogens is 182 g/mol. The summed E-state index contributed by atoms with van der Waals surface area (Å²) in [7, 11) is 0. The highest BCUT2D eigenvalue weighted by atomic mass is 16.5. The number of carbonyl (C=O) groups excluding carboxylic acids is 1. The molecule has 1 aliphatic heterocycles. The number of nitrogens with zero attached hydrogens (tertiary/aromatic N) is 1. The van der Waals surface area contributed by atoms with Crippen LogP contribution in [0.4, 0.5) is 0 Å². The molecule has 0 amide bonds. The van der Waals surface area contributed by atoms with Crippen LogP contribution in [0.1, 0.15) is 26.2 Å². The fourth-order valence-electron chi connectivity index (χ4n) is 1.87. The third-order valence-electron chi connectivity index (χ3n) is 2.53. The Morgan fingerprint density at radius 1 is 1.64 bits per heavy atom. The van der Waals surface area contributed by atoms with E-state index in [1.54, 1.807) is 0 Å². The summed E-state index contributed by atoms with van der Waals surface area (Å²) in [4.78, 5) is 13.6. The van der Waals surface area contributed by atoms with E-state index in [1.165, 1.54) is 0 Å². The van der Waals surface area contributed by atoms with Crippen LogP contribution < -0.4 is 0 Å². The first-order chi connectivity index (χ1) is 6.79. The van der Waals surface area contributed by atoms with Crippen molar-refractivity contribution in [2.75, 3.05) is 26.3 Å². The Morgan fingerprint density at radius 2 is 2.43 bits per heavy atom. The van der Waals surface area contributed by atoms with Crippen molar-refractivity contribution in [3.05, 3.63) is 0 Å². The monoisotopic (exact) mass is 201 g/mol. The number of ether oxygens (including phenoxy) is 1. The molecule has 0 bridgehead atoms. The van der Waals surface area contributed by atoms with Crippen molar-refractivity contribution in [3.8, 4) is 0 Å². The summed E-state index contributed by atoms with van der Waals surface area (Å²) in [5, 5.41) is 8.71. The zero-order chi connectivity index (χ0) is 10.4. The summed E-state index contributed by atoms with van der Waals surface area (Å²) < 4.78 is 4.99. The molecule has 0 radical (unpaired) electrons. The average molecular weight is 201 g/mol. The average Bonchev–Trinajstić information content (AvgIpc) is 2.63. The van der Waals surface area contributed by atoms with E-state index in [1.807, 2.05) is 6.92 Å². The molecule has 1 unspecified atom stereocenters. The summed E-state index contributed by atoms with van der Waals surface area (Å²) in [5.74, 6) is -0.108. The van der Waals surface area contributed by atoms with Gasteiger partial charge in [0.2, 0.25) is 0 Å². The molecule has 0 spiro atoms. The van der Waals surface area contributed by atoms with Gasteiger partial charge >= 0.3 is 5.97 Å². The minimum Gasteiger partial charge on any atom is -0.465 e. The molecule has 1 saturated heterocycles. The van der Waals surface area contributed by atoms with E-state index < -0.39 is 0 Å². The Morgan fingerprint density at radius 3 is 3.07 bits per heavy atom. The molecule has 82 valence electrons. The number of aliphatic hydroxyl groups excluding tert-OH is 1. The maximum absolute atomic E-state index is 11.5. The molecule has 14 heavy (non-hydrogen) atoms. The van der Waals surface area contributed by atoms with Crippen molar-refractivity contribution in [1.29, 1.82) is 0 Å². The van der Waals surface area contributed by atoms with Crippen LogP contribution in [0.5, 0.6) is 0 Å². The lowest BCUT2D eigenvalue weighted by molar-refractivity contribution is -0.148.